The molecule has 2 bridgehead atoms. The van der Waals surface area contributed by atoms with Crippen molar-refractivity contribution in [3.63, 3.8) is 0 Å². The number of ether oxygens (including phenoxy) is 4. The van der Waals surface area contributed by atoms with E-state index in [-0.39, 0.29) is 54.4 Å². The first-order valence-corrected chi connectivity index (χ1v) is 11.5. The number of fused-ring (bicyclic) bond motifs is 2. The molecule has 4 rings (SSSR count). The number of carbonyl (C=O) groups excluding carboxylic acids is 2. The van der Waals surface area contributed by atoms with Crippen LogP contribution < -0.4 is 0 Å². The van der Waals surface area contributed by atoms with Gasteiger partial charge in [0.2, 0.25) is 0 Å². The van der Waals surface area contributed by atoms with E-state index in [1.54, 1.807) is 0 Å². The van der Waals surface area contributed by atoms with Gasteiger partial charge in [-0.3, -0.25) is 9.59 Å². The number of aliphatic hydroxyl groups is 1. The lowest BCUT2D eigenvalue weighted by molar-refractivity contribution is -0.204. The van der Waals surface area contributed by atoms with Crippen LogP contribution in [-0.2, 0) is 28.5 Å². The van der Waals surface area contributed by atoms with Gasteiger partial charge < -0.3 is 24.1 Å². The Labute approximate surface area is 184 Å². The van der Waals surface area contributed by atoms with Crippen molar-refractivity contribution in [1.82, 2.24) is 0 Å². The third-order valence-corrected chi connectivity index (χ3v) is 8.20. The molecule has 0 unspecified atom stereocenters. The van der Waals surface area contributed by atoms with Crippen molar-refractivity contribution in [3.8, 4) is 0 Å². The summed E-state index contributed by atoms with van der Waals surface area (Å²) in [5.41, 5.74) is -0.270. The van der Waals surface area contributed by atoms with E-state index in [0.29, 0.717) is 24.5 Å². The van der Waals surface area contributed by atoms with E-state index in [2.05, 4.69) is 20.4 Å². The summed E-state index contributed by atoms with van der Waals surface area (Å²) in [7, 11) is 0. The summed E-state index contributed by atoms with van der Waals surface area (Å²) in [6, 6.07) is 0. The molecule has 174 valence electrons. The van der Waals surface area contributed by atoms with Gasteiger partial charge in [0.25, 0.3) is 0 Å². The quantitative estimate of drug-likeness (QED) is 0.526. The summed E-state index contributed by atoms with van der Waals surface area (Å²) >= 11 is 0. The maximum atomic E-state index is 12.0. The van der Waals surface area contributed by atoms with Gasteiger partial charge in [-0.15, -0.1) is 0 Å². The molecule has 7 nitrogen and oxygen atoms in total. The van der Waals surface area contributed by atoms with Gasteiger partial charge in [0, 0.05) is 32.1 Å². The standard InChI is InChI=1S/C24H36O7/c1-11-8-18-21-20-16(7-12(2)22(21)30-15(5)26)13(3)10-28-24(6,23(20)31-18)19(9-17(11)27)29-14(4)25/h12-13,16-23,27H,1,7-10H2,2-6H3/t12-,13+,16+,17+,18+,19-,20+,21+,22-,23+,24+/m1/s1. The van der Waals surface area contributed by atoms with Crippen LogP contribution in [0.5, 0.6) is 0 Å². The molecule has 3 heterocycles. The van der Waals surface area contributed by atoms with Crippen molar-refractivity contribution in [1.29, 1.82) is 0 Å². The Hall–Kier alpha value is -1.44. The molecule has 4 aliphatic rings. The topological polar surface area (TPSA) is 91.3 Å². The Kier molecular flexibility index (Phi) is 5.99. The highest BCUT2D eigenvalue weighted by Gasteiger charge is 2.65. The molecular formula is C24H36O7. The Morgan fingerprint density at radius 1 is 1.10 bits per heavy atom. The van der Waals surface area contributed by atoms with Crippen molar-refractivity contribution in [2.75, 3.05) is 6.61 Å². The van der Waals surface area contributed by atoms with Gasteiger partial charge in [0.15, 0.2) is 0 Å². The summed E-state index contributed by atoms with van der Waals surface area (Å²) in [4.78, 5) is 23.9. The fourth-order valence-electron chi connectivity index (χ4n) is 6.72. The summed E-state index contributed by atoms with van der Waals surface area (Å²) < 4.78 is 24.8. The van der Waals surface area contributed by atoms with Crippen molar-refractivity contribution < 1.29 is 33.6 Å². The first-order chi connectivity index (χ1) is 14.5. The second-order valence-electron chi connectivity index (χ2n) is 10.4. The molecule has 3 saturated heterocycles. The van der Waals surface area contributed by atoms with Crippen LogP contribution in [0.1, 0.15) is 53.9 Å². The highest BCUT2D eigenvalue weighted by molar-refractivity contribution is 5.66. The average molecular weight is 437 g/mol. The van der Waals surface area contributed by atoms with E-state index < -0.39 is 23.8 Å². The summed E-state index contributed by atoms with van der Waals surface area (Å²) in [5, 5.41) is 10.9. The van der Waals surface area contributed by atoms with Crippen molar-refractivity contribution in [2.45, 2.75) is 90.0 Å². The minimum atomic E-state index is -0.917. The number of hydrogen-bond acceptors (Lipinski definition) is 7. The first kappa shape index (κ1) is 22.7. The van der Waals surface area contributed by atoms with Gasteiger partial charge in [0.1, 0.15) is 17.8 Å². The molecule has 0 radical (unpaired) electrons. The second kappa shape index (κ2) is 8.16. The first-order valence-electron chi connectivity index (χ1n) is 11.5. The summed E-state index contributed by atoms with van der Waals surface area (Å²) in [5.74, 6) is 0.201. The molecule has 1 aliphatic carbocycles. The van der Waals surface area contributed by atoms with Crippen LogP contribution in [0.15, 0.2) is 12.2 Å². The van der Waals surface area contributed by atoms with Gasteiger partial charge in [-0.1, -0.05) is 20.4 Å². The Morgan fingerprint density at radius 2 is 1.77 bits per heavy atom. The predicted molar refractivity (Wildman–Crippen MR) is 112 cm³/mol. The molecule has 1 saturated carbocycles. The number of carbonyl (C=O) groups is 2. The smallest absolute Gasteiger partial charge is 0.303 e. The SMILES string of the molecule is C=C1C[C@@H]2O[C@H]3[C@H]4[C@@H](C[C@@H](C)[C@@H](OC(C)=O)[C@H]42)[C@@H](C)CO[C@@]3(C)[C@H](OC(C)=O)C[C@@H]1O. The normalized spacial score (nSPS) is 49.3. The van der Waals surface area contributed by atoms with Crippen LogP contribution in [0.4, 0.5) is 0 Å². The van der Waals surface area contributed by atoms with E-state index in [4.69, 9.17) is 18.9 Å². The fraction of sp³-hybridized carbons (Fsp3) is 0.833. The molecular weight excluding hydrogens is 400 g/mol. The lowest BCUT2D eigenvalue weighted by atomic mass is 9.59. The molecule has 0 spiro atoms. The van der Waals surface area contributed by atoms with Gasteiger partial charge in [-0.2, -0.15) is 0 Å². The van der Waals surface area contributed by atoms with Crippen LogP contribution in [0.3, 0.4) is 0 Å². The van der Waals surface area contributed by atoms with Crippen molar-refractivity contribution in [3.05, 3.63) is 12.2 Å². The van der Waals surface area contributed by atoms with Gasteiger partial charge in [0.05, 0.1) is 24.9 Å². The Balaban J connectivity index is 1.83. The number of aliphatic hydroxyl groups excluding tert-OH is 1. The highest BCUT2D eigenvalue weighted by atomic mass is 16.6. The predicted octanol–water partition coefficient (Wildman–Crippen LogP) is 2.64. The van der Waals surface area contributed by atoms with Crippen LogP contribution >= 0.6 is 0 Å². The number of rotatable bonds is 2. The number of esters is 2. The van der Waals surface area contributed by atoms with Crippen LogP contribution in [-0.4, -0.2) is 59.8 Å². The van der Waals surface area contributed by atoms with Crippen LogP contribution in [0.25, 0.3) is 0 Å². The third kappa shape index (κ3) is 3.83. The zero-order valence-corrected chi connectivity index (χ0v) is 19.2. The molecule has 0 aromatic carbocycles. The third-order valence-electron chi connectivity index (χ3n) is 8.20. The molecule has 1 N–H and O–H groups in total. The van der Waals surface area contributed by atoms with Crippen LogP contribution in [0.2, 0.25) is 0 Å². The number of hydrogen-bond donors (Lipinski definition) is 1. The molecule has 0 amide bonds. The van der Waals surface area contributed by atoms with Crippen LogP contribution in [0, 0.1) is 29.6 Å². The van der Waals surface area contributed by atoms with E-state index in [1.807, 2.05) is 6.92 Å². The second-order valence-corrected chi connectivity index (χ2v) is 10.4. The lowest BCUT2D eigenvalue weighted by Crippen LogP contribution is -2.57. The minimum Gasteiger partial charge on any atom is -0.462 e. The molecule has 11 atom stereocenters. The van der Waals surface area contributed by atoms with Crippen molar-refractivity contribution in [2.24, 2.45) is 29.6 Å². The molecule has 0 aromatic rings. The maximum absolute atomic E-state index is 12.0. The molecule has 0 aromatic heterocycles. The van der Waals surface area contributed by atoms with Gasteiger partial charge >= 0.3 is 11.9 Å². The largest absolute Gasteiger partial charge is 0.462 e. The molecule has 3 aliphatic heterocycles. The van der Waals surface area contributed by atoms with Crippen molar-refractivity contribution >= 4 is 11.9 Å². The van der Waals surface area contributed by atoms with E-state index in [1.165, 1.54) is 13.8 Å². The minimum absolute atomic E-state index is 0.0221. The van der Waals surface area contributed by atoms with E-state index in [0.717, 1.165) is 6.42 Å². The van der Waals surface area contributed by atoms with E-state index >= 15 is 0 Å². The summed E-state index contributed by atoms with van der Waals surface area (Å²) in [6.07, 6.45) is -0.711. The lowest BCUT2D eigenvalue weighted by Gasteiger charge is -2.47. The van der Waals surface area contributed by atoms with Gasteiger partial charge in [-0.25, -0.2) is 0 Å². The highest BCUT2D eigenvalue weighted by Crippen LogP contribution is 2.58. The zero-order chi connectivity index (χ0) is 22.7. The monoisotopic (exact) mass is 436 g/mol. The fourth-order valence-corrected chi connectivity index (χ4v) is 6.72. The van der Waals surface area contributed by atoms with E-state index in [9.17, 15) is 14.7 Å². The zero-order valence-electron chi connectivity index (χ0n) is 19.2. The maximum Gasteiger partial charge on any atom is 0.303 e. The summed E-state index contributed by atoms with van der Waals surface area (Å²) in [6.45, 7) is 13.7. The Morgan fingerprint density at radius 3 is 2.42 bits per heavy atom. The Bertz CT molecular complexity index is 750. The van der Waals surface area contributed by atoms with Gasteiger partial charge in [-0.05, 0) is 43.1 Å². The molecule has 7 heteroatoms. The molecule has 31 heavy (non-hydrogen) atoms. The molecule has 4 fully saturated rings. The average Bonchev–Trinajstić information content (AvgIpc) is 3.02.